The number of phenolic OH excluding ortho intramolecular Hbond substituents is 1. The van der Waals surface area contributed by atoms with Crippen LogP contribution in [0.15, 0.2) is 59.4 Å². The summed E-state index contributed by atoms with van der Waals surface area (Å²) in [5.74, 6) is -5.73. The number of Topliss-reactive ketones (excluding diaryl/α,β-unsaturated/α-hetero) is 2. The molecule has 3 aromatic rings. The van der Waals surface area contributed by atoms with Crippen LogP contribution < -0.4 is 5.73 Å². The number of hydrogen-bond acceptors (Lipinski definition) is 8. The maximum atomic E-state index is 13.9. The van der Waals surface area contributed by atoms with E-state index in [1.54, 1.807) is 30.3 Å². The lowest BCUT2D eigenvalue weighted by atomic mass is 9.59. The number of phenols is 1. The van der Waals surface area contributed by atoms with Gasteiger partial charge in [0.2, 0.25) is 0 Å². The molecule has 38 heavy (non-hydrogen) atoms. The molecule has 3 aliphatic rings. The maximum absolute atomic E-state index is 13.9. The summed E-state index contributed by atoms with van der Waals surface area (Å²) in [6.07, 6.45) is 0.685. The van der Waals surface area contributed by atoms with Crippen LogP contribution in [0, 0.1) is 17.8 Å². The van der Waals surface area contributed by atoms with E-state index in [2.05, 4.69) is 6.07 Å². The first-order valence-corrected chi connectivity index (χ1v) is 13.2. The summed E-state index contributed by atoms with van der Waals surface area (Å²) in [6, 6.07) is 12.6. The van der Waals surface area contributed by atoms with E-state index in [4.69, 9.17) is 5.73 Å². The third-order valence-electron chi connectivity index (χ3n) is 8.14. The molecule has 1 saturated carbocycles. The smallest absolute Gasteiger partial charge is 0.255 e. The van der Waals surface area contributed by atoms with Gasteiger partial charge in [0.05, 0.1) is 17.5 Å². The second-order valence-electron chi connectivity index (χ2n) is 10.4. The summed E-state index contributed by atoms with van der Waals surface area (Å²) in [4.78, 5) is 41.9. The Morgan fingerprint density at radius 3 is 2.47 bits per heavy atom. The molecule has 1 fully saturated rings. The Labute approximate surface area is 222 Å². The van der Waals surface area contributed by atoms with E-state index >= 15 is 0 Å². The van der Waals surface area contributed by atoms with Crippen molar-refractivity contribution in [3.63, 3.8) is 0 Å². The summed E-state index contributed by atoms with van der Waals surface area (Å²) in [5.41, 5.74) is 6.72. The van der Waals surface area contributed by atoms with Crippen molar-refractivity contribution in [1.82, 2.24) is 4.90 Å². The number of thiophene rings is 1. The molecule has 1 aromatic heterocycles. The van der Waals surface area contributed by atoms with Crippen LogP contribution in [0.1, 0.15) is 17.5 Å². The molecule has 194 valence electrons. The van der Waals surface area contributed by atoms with E-state index in [-0.39, 0.29) is 22.6 Å². The average Bonchev–Trinajstić information content (AvgIpc) is 3.27. The Hall–Kier alpha value is -3.95. The minimum absolute atomic E-state index is 0.0820. The highest BCUT2D eigenvalue weighted by molar-refractivity contribution is 7.22. The Morgan fingerprint density at radius 2 is 1.79 bits per heavy atom. The first-order valence-electron chi connectivity index (χ1n) is 12.3. The first kappa shape index (κ1) is 24.4. The molecule has 4 atom stereocenters. The highest BCUT2D eigenvalue weighted by Gasteiger charge is 2.55. The summed E-state index contributed by atoms with van der Waals surface area (Å²) < 4.78 is 1.11. The van der Waals surface area contributed by atoms with Crippen LogP contribution in [0.2, 0.25) is 0 Å². The number of nitrogens with two attached hydrogens (primary N) is 1. The number of aromatic hydroxyl groups is 1. The summed E-state index contributed by atoms with van der Waals surface area (Å²) in [6.45, 7) is 0. The van der Waals surface area contributed by atoms with Gasteiger partial charge >= 0.3 is 0 Å². The number of benzene rings is 2. The highest BCUT2D eigenvalue weighted by Crippen LogP contribution is 2.52. The van der Waals surface area contributed by atoms with E-state index in [0.29, 0.717) is 12.8 Å². The van der Waals surface area contributed by atoms with Crippen LogP contribution in [-0.2, 0) is 20.8 Å². The summed E-state index contributed by atoms with van der Waals surface area (Å²) in [5, 5.41) is 34.2. The lowest BCUT2D eigenvalue weighted by Crippen LogP contribution is -2.55. The zero-order valence-corrected chi connectivity index (χ0v) is 21.6. The van der Waals surface area contributed by atoms with Crippen molar-refractivity contribution in [2.75, 3.05) is 14.1 Å². The number of likely N-dealkylation sites (N-methyl/N-ethyl adjacent to an activating group) is 1. The number of rotatable bonds is 3. The van der Waals surface area contributed by atoms with E-state index in [1.807, 2.05) is 30.3 Å². The van der Waals surface area contributed by atoms with E-state index < -0.39 is 52.6 Å². The molecular weight excluding hydrogens is 504 g/mol. The fourth-order valence-electron chi connectivity index (χ4n) is 6.61. The molecule has 1 heterocycles. The van der Waals surface area contributed by atoms with Crippen LogP contribution in [0.3, 0.4) is 0 Å². The molecule has 3 aliphatic carbocycles. The molecule has 1 amide bonds. The average molecular weight is 531 g/mol. The Balaban J connectivity index is 1.51. The minimum atomic E-state index is -1.26. The summed E-state index contributed by atoms with van der Waals surface area (Å²) >= 11 is 1.61. The van der Waals surface area contributed by atoms with Crippen LogP contribution in [-0.4, -0.2) is 57.8 Å². The van der Waals surface area contributed by atoms with Gasteiger partial charge in [-0.25, -0.2) is 0 Å². The van der Waals surface area contributed by atoms with E-state index in [0.717, 1.165) is 26.1 Å². The zero-order chi connectivity index (χ0) is 27.0. The lowest BCUT2D eigenvalue weighted by molar-refractivity contribution is -0.136. The molecule has 6 rings (SSSR count). The highest BCUT2D eigenvalue weighted by atomic mass is 32.1. The Morgan fingerprint density at radius 1 is 1.05 bits per heavy atom. The van der Waals surface area contributed by atoms with Gasteiger partial charge in [0.25, 0.3) is 5.91 Å². The van der Waals surface area contributed by atoms with Gasteiger partial charge in [-0.1, -0.05) is 18.2 Å². The van der Waals surface area contributed by atoms with Crippen LogP contribution in [0.25, 0.3) is 26.3 Å². The predicted molar refractivity (Wildman–Crippen MR) is 144 cm³/mol. The van der Waals surface area contributed by atoms with Gasteiger partial charge in [-0.2, -0.15) is 0 Å². The molecule has 0 bridgehead atoms. The lowest BCUT2D eigenvalue weighted by Gasteiger charge is -2.46. The van der Waals surface area contributed by atoms with Crippen molar-refractivity contribution < 1.29 is 29.7 Å². The maximum Gasteiger partial charge on any atom is 0.255 e. The van der Waals surface area contributed by atoms with Gasteiger partial charge in [0.15, 0.2) is 11.6 Å². The van der Waals surface area contributed by atoms with Crippen molar-refractivity contribution in [3.8, 4) is 16.2 Å². The van der Waals surface area contributed by atoms with Gasteiger partial charge in [-0.15, -0.1) is 11.3 Å². The molecule has 0 saturated heterocycles. The largest absolute Gasteiger partial charge is 0.510 e. The molecule has 9 heteroatoms. The number of carbonyl (C=O) groups is 3. The fraction of sp³-hybridized carbons (Fsp3) is 0.276. The molecule has 0 spiro atoms. The standard InChI is InChI=1S/C29H26N2O6S/c1-31(2)24-16-10-13-9-15-14(19-11-12-5-3-4-6-18(12)38-19)7-8-17(32)21(15)25(33)20(13)26(34)22(16)27(35)23(28(24)36)29(30)37/h3-8,11,13,16,22,24,32-33,36H,9-10H2,1-2H3,(H2,30,37)/t13-,16+,22?,24-/m0/s1. The number of nitrogens with zero attached hydrogens (tertiary/aromatic N) is 1. The first-order chi connectivity index (χ1) is 18.1. The summed E-state index contributed by atoms with van der Waals surface area (Å²) in [7, 11) is 3.40. The number of hydrogen-bond donors (Lipinski definition) is 4. The van der Waals surface area contributed by atoms with Crippen molar-refractivity contribution in [1.29, 1.82) is 0 Å². The molecule has 0 aliphatic heterocycles. The predicted octanol–water partition coefficient (Wildman–Crippen LogP) is 3.73. The molecule has 5 N–H and O–H groups in total. The number of carbonyl (C=O) groups excluding carboxylic acids is 3. The van der Waals surface area contributed by atoms with Gasteiger partial charge in [-0.3, -0.25) is 19.3 Å². The Kier molecular flexibility index (Phi) is 5.48. The third-order valence-corrected chi connectivity index (χ3v) is 9.29. The van der Waals surface area contributed by atoms with E-state index in [1.165, 1.54) is 6.07 Å². The molecule has 0 radical (unpaired) electrons. The second-order valence-corrected chi connectivity index (χ2v) is 11.5. The van der Waals surface area contributed by atoms with Crippen molar-refractivity contribution in [3.05, 3.63) is 70.5 Å². The molecular formula is C29H26N2O6S. The van der Waals surface area contributed by atoms with Gasteiger partial charge in [0.1, 0.15) is 22.8 Å². The third kappa shape index (κ3) is 3.35. The van der Waals surface area contributed by atoms with Crippen molar-refractivity contribution in [2.45, 2.75) is 18.9 Å². The fourth-order valence-corrected chi connectivity index (χ4v) is 7.73. The molecule has 2 aromatic carbocycles. The number of ketones is 2. The van der Waals surface area contributed by atoms with Crippen molar-refractivity contribution in [2.24, 2.45) is 23.5 Å². The molecule has 8 nitrogen and oxygen atoms in total. The topological polar surface area (TPSA) is 141 Å². The zero-order valence-electron chi connectivity index (χ0n) is 20.8. The number of allylic oxidation sites excluding steroid dienone is 1. The number of aliphatic hydroxyl groups excluding tert-OH is 2. The molecule has 1 unspecified atom stereocenters. The van der Waals surface area contributed by atoms with Gasteiger partial charge in [0, 0.05) is 15.2 Å². The minimum Gasteiger partial charge on any atom is -0.510 e. The van der Waals surface area contributed by atoms with Crippen LogP contribution in [0.5, 0.6) is 5.75 Å². The Bertz CT molecular complexity index is 1600. The van der Waals surface area contributed by atoms with Crippen LogP contribution >= 0.6 is 11.3 Å². The normalized spacial score (nSPS) is 25.0. The quantitative estimate of drug-likeness (QED) is 0.299. The number of primary amides is 1. The number of fused-ring (bicyclic) bond motifs is 4. The van der Waals surface area contributed by atoms with Crippen LogP contribution in [0.4, 0.5) is 0 Å². The van der Waals surface area contributed by atoms with Gasteiger partial charge in [-0.05, 0) is 79.6 Å². The monoisotopic (exact) mass is 530 g/mol. The SMILES string of the molecule is CN(C)[C@@H]1C(O)=C(C(N)=O)C(=O)C2C(=O)C3=C(O)c4c(O)ccc(-c5cc6ccccc6s5)c4C[C@H]3C[C@H]21. The van der Waals surface area contributed by atoms with Crippen molar-refractivity contribution >= 4 is 44.7 Å². The van der Waals surface area contributed by atoms with Gasteiger partial charge < -0.3 is 21.1 Å². The van der Waals surface area contributed by atoms with E-state index in [9.17, 15) is 29.7 Å². The second kappa shape index (κ2) is 8.54. The number of amides is 1. The number of aliphatic hydroxyl groups is 2.